The van der Waals surface area contributed by atoms with E-state index in [0.717, 1.165) is 32.1 Å². The largest absolute Gasteiger partial charge is 0.550 e. The van der Waals surface area contributed by atoms with Gasteiger partial charge in [0.1, 0.15) is 0 Å². The van der Waals surface area contributed by atoms with Crippen LogP contribution in [-0.2, 0) is 4.79 Å². The lowest BCUT2D eigenvalue weighted by molar-refractivity contribution is -0.330. The molecule has 0 aromatic heterocycles. The molecule has 0 unspecified atom stereocenters. The maximum Gasteiger partial charge on any atom is 0.0605 e. The fourth-order valence-electron chi connectivity index (χ4n) is 7.50. The van der Waals surface area contributed by atoms with Crippen LogP contribution in [0.4, 0.5) is 0 Å². The minimum Gasteiger partial charge on any atom is -0.550 e. The molecule has 7 atom stereocenters. The third kappa shape index (κ3) is 1.78. The van der Waals surface area contributed by atoms with Crippen LogP contribution in [0, 0.1) is 34.0 Å². The van der Waals surface area contributed by atoms with Gasteiger partial charge in [-0.15, -0.1) is 0 Å². The molecule has 4 rings (SSSR count). The molecule has 4 saturated carbocycles. The van der Waals surface area contributed by atoms with E-state index < -0.39 is 11.4 Å². The third-order valence-electron chi connectivity index (χ3n) is 8.62. The molecular weight excluding hydrogens is 288 g/mol. The Morgan fingerprint density at radius 1 is 1.26 bits per heavy atom. The second-order valence-corrected chi connectivity index (χ2v) is 9.47. The van der Waals surface area contributed by atoms with Gasteiger partial charge in [-0.2, -0.15) is 0 Å². The molecule has 4 fully saturated rings. The maximum atomic E-state index is 11.9. The molecule has 23 heavy (non-hydrogen) atoms. The molecule has 1 spiro atoms. The molecule has 0 amide bonds. The summed E-state index contributed by atoms with van der Waals surface area (Å²) in [4.78, 5) is 11.9. The molecule has 4 aliphatic carbocycles. The minimum atomic E-state index is -0.916. The lowest BCUT2D eigenvalue weighted by atomic mass is 9.40. The quantitative estimate of drug-likeness (QED) is 0.756. The Bertz CT molecular complexity index is 569. The van der Waals surface area contributed by atoms with Crippen molar-refractivity contribution in [2.45, 2.75) is 71.3 Å². The summed E-state index contributed by atoms with van der Waals surface area (Å²) in [5, 5.41) is 23.1. The molecule has 0 aliphatic heterocycles. The van der Waals surface area contributed by atoms with Crippen LogP contribution in [0.5, 0.6) is 0 Å². The van der Waals surface area contributed by atoms with Gasteiger partial charge in [-0.25, -0.2) is 0 Å². The van der Waals surface area contributed by atoms with E-state index in [0.29, 0.717) is 24.7 Å². The van der Waals surface area contributed by atoms with Crippen molar-refractivity contribution < 1.29 is 15.0 Å². The van der Waals surface area contributed by atoms with Crippen LogP contribution in [0.1, 0.15) is 65.2 Å². The van der Waals surface area contributed by atoms with Gasteiger partial charge in [-0.1, -0.05) is 32.4 Å². The lowest BCUT2D eigenvalue weighted by Crippen LogP contribution is -2.64. The number of carbonyl (C=O) groups excluding carboxylic acids is 1. The van der Waals surface area contributed by atoms with Gasteiger partial charge in [0.2, 0.25) is 0 Å². The Balaban J connectivity index is 1.80. The lowest BCUT2D eigenvalue weighted by Gasteiger charge is -2.65. The van der Waals surface area contributed by atoms with E-state index >= 15 is 0 Å². The number of carboxylic acids is 1. The van der Waals surface area contributed by atoms with Crippen molar-refractivity contribution in [3.63, 3.8) is 0 Å². The SMILES string of the molecule is C=C1C[C@]23C[C@H]1CC[C@H]2[C@]1(C)CCC[C@@](C)(C(=O)[O-])[C@H]1C[C@@H]3O. The number of hydrogen-bond donors (Lipinski definition) is 1. The summed E-state index contributed by atoms with van der Waals surface area (Å²) in [5.74, 6) is 0.126. The highest BCUT2D eigenvalue weighted by molar-refractivity contribution is 5.73. The van der Waals surface area contributed by atoms with E-state index in [1.54, 1.807) is 0 Å². The van der Waals surface area contributed by atoms with Crippen LogP contribution in [0.3, 0.4) is 0 Å². The molecule has 0 heterocycles. The number of carbonyl (C=O) groups is 1. The van der Waals surface area contributed by atoms with E-state index in [4.69, 9.17) is 0 Å². The average molecular weight is 317 g/mol. The first kappa shape index (κ1) is 15.7. The number of allylic oxidation sites excluding steroid dienone is 1. The molecule has 0 saturated heterocycles. The number of aliphatic hydroxyl groups is 1. The summed E-state index contributed by atoms with van der Waals surface area (Å²) in [7, 11) is 0. The van der Waals surface area contributed by atoms with E-state index in [-0.39, 0.29) is 22.9 Å². The highest BCUT2D eigenvalue weighted by Crippen LogP contribution is 2.72. The van der Waals surface area contributed by atoms with Crippen molar-refractivity contribution >= 4 is 5.97 Å². The summed E-state index contributed by atoms with van der Waals surface area (Å²) in [6, 6.07) is 0. The number of aliphatic carboxylic acids is 1. The average Bonchev–Trinajstić information content (AvgIpc) is 2.73. The van der Waals surface area contributed by atoms with Crippen LogP contribution in [-0.4, -0.2) is 17.2 Å². The third-order valence-corrected chi connectivity index (χ3v) is 8.62. The van der Waals surface area contributed by atoms with Gasteiger partial charge in [0.05, 0.1) is 6.10 Å². The Kier molecular flexibility index (Phi) is 3.15. The van der Waals surface area contributed by atoms with Crippen molar-refractivity contribution in [3.8, 4) is 0 Å². The molecule has 1 N–H and O–H groups in total. The normalized spacial score (nSPS) is 55.2. The van der Waals surface area contributed by atoms with Crippen molar-refractivity contribution in [2.75, 3.05) is 0 Å². The maximum absolute atomic E-state index is 11.9. The zero-order valence-electron chi connectivity index (χ0n) is 14.4. The number of aliphatic hydroxyl groups excluding tert-OH is 1. The van der Waals surface area contributed by atoms with Crippen molar-refractivity contribution in [2.24, 2.45) is 34.0 Å². The highest BCUT2D eigenvalue weighted by Gasteiger charge is 2.66. The van der Waals surface area contributed by atoms with Gasteiger partial charge < -0.3 is 15.0 Å². The molecule has 0 aromatic rings. The van der Waals surface area contributed by atoms with Crippen LogP contribution in [0.15, 0.2) is 12.2 Å². The number of hydrogen-bond acceptors (Lipinski definition) is 3. The Hall–Kier alpha value is -0.830. The van der Waals surface area contributed by atoms with Gasteiger partial charge in [0.15, 0.2) is 0 Å². The van der Waals surface area contributed by atoms with Gasteiger partial charge >= 0.3 is 0 Å². The Morgan fingerprint density at radius 2 is 2.00 bits per heavy atom. The van der Waals surface area contributed by atoms with Crippen LogP contribution in [0.25, 0.3) is 0 Å². The second kappa shape index (κ2) is 4.62. The van der Waals surface area contributed by atoms with Crippen LogP contribution >= 0.6 is 0 Å². The van der Waals surface area contributed by atoms with Gasteiger partial charge in [-0.05, 0) is 68.1 Å². The first-order chi connectivity index (χ1) is 10.7. The minimum absolute atomic E-state index is 0.0158. The standard InChI is InChI=1S/C20H30O3/c1-12-10-20-11-13(12)5-6-14(20)18(2)7-4-8-19(3,17(22)23)15(18)9-16(20)21/h13-16,21H,1,4-11H2,2-3H3,(H,22,23)/p-1/t13-,14+,15+,16+,18+,19-,20+/m1/s1. The molecule has 3 nitrogen and oxygen atoms in total. The van der Waals surface area contributed by atoms with Gasteiger partial charge in [0, 0.05) is 16.8 Å². The number of fused-ring (bicyclic) bond motifs is 3. The topological polar surface area (TPSA) is 60.4 Å². The molecule has 4 aliphatic rings. The predicted molar refractivity (Wildman–Crippen MR) is 86.2 cm³/mol. The molecule has 2 bridgehead atoms. The van der Waals surface area contributed by atoms with Crippen molar-refractivity contribution in [1.29, 1.82) is 0 Å². The zero-order chi connectivity index (χ0) is 16.6. The molecule has 0 aromatic carbocycles. The summed E-state index contributed by atoms with van der Waals surface area (Å²) >= 11 is 0. The second-order valence-electron chi connectivity index (χ2n) is 9.47. The van der Waals surface area contributed by atoms with Gasteiger partial charge in [-0.3, -0.25) is 0 Å². The monoisotopic (exact) mass is 317 g/mol. The van der Waals surface area contributed by atoms with E-state index in [2.05, 4.69) is 13.5 Å². The summed E-state index contributed by atoms with van der Waals surface area (Å²) < 4.78 is 0. The first-order valence-corrected chi connectivity index (χ1v) is 9.31. The smallest absolute Gasteiger partial charge is 0.0605 e. The molecule has 3 heteroatoms. The van der Waals surface area contributed by atoms with E-state index in [1.807, 2.05) is 6.92 Å². The molecule has 128 valence electrons. The van der Waals surface area contributed by atoms with E-state index in [9.17, 15) is 15.0 Å². The van der Waals surface area contributed by atoms with Gasteiger partial charge in [0.25, 0.3) is 0 Å². The van der Waals surface area contributed by atoms with Crippen molar-refractivity contribution in [1.82, 2.24) is 0 Å². The number of carboxylic acid groups (broad SMARTS) is 1. The van der Waals surface area contributed by atoms with Crippen molar-refractivity contribution in [3.05, 3.63) is 12.2 Å². The molecular formula is C20H29O3-. The molecule has 0 radical (unpaired) electrons. The summed E-state index contributed by atoms with van der Waals surface area (Å²) in [6.07, 6.45) is 7.30. The fraction of sp³-hybridized carbons (Fsp3) is 0.850. The first-order valence-electron chi connectivity index (χ1n) is 9.31. The van der Waals surface area contributed by atoms with Crippen LogP contribution < -0.4 is 5.11 Å². The van der Waals surface area contributed by atoms with E-state index in [1.165, 1.54) is 12.0 Å². The Labute approximate surface area is 139 Å². The predicted octanol–water partition coefficient (Wildman–Crippen LogP) is 2.68. The Morgan fingerprint density at radius 3 is 2.70 bits per heavy atom. The zero-order valence-corrected chi connectivity index (χ0v) is 14.4. The highest BCUT2D eigenvalue weighted by atomic mass is 16.4. The number of rotatable bonds is 1. The van der Waals surface area contributed by atoms with Crippen LogP contribution in [0.2, 0.25) is 0 Å². The fourth-order valence-corrected chi connectivity index (χ4v) is 7.50. The summed E-state index contributed by atoms with van der Waals surface area (Å²) in [5.41, 5.74) is 0.520. The summed E-state index contributed by atoms with van der Waals surface area (Å²) in [6.45, 7) is 8.47.